The number of nitrogens with zero attached hydrogens (tertiary/aromatic N) is 3. The van der Waals surface area contributed by atoms with Gasteiger partial charge in [-0.3, -0.25) is 4.98 Å². The Morgan fingerprint density at radius 1 is 1.29 bits per heavy atom. The molecule has 3 aromatic heterocycles. The highest BCUT2D eigenvalue weighted by Gasteiger charge is 2.34. The highest BCUT2D eigenvalue weighted by atomic mass is 16.2. The number of hydrogen-bond donors (Lipinski definition) is 2. The van der Waals surface area contributed by atoms with Crippen LogP contribution in [0.3, 0.4) is 0 Å². The summed E-state index contributed by atoms with van der Waals surface area (Å²) >= 11 is 0. The summed E-state index contributed by atoms with van der Waals surface area (Å²) in [6, 6.07) is 7.48. The largest absolute Gasteiger partial charge is 0.329 e. The number of imidazole rings is 1. The maximum Gasteiger partial charge on any atom is 0.319 e. The number of aromatic nitrogens is 3. The average molecular weight is 321 g/mol. The van der Waals surface area contributed by atoms with E-state index in [9.17, 15) is 4.79 Å². The lowest BCUT2D eigenvalue weighted by molar-refractivity contribution is 0.246. The minimum atomic E-state index is -0.212. The van der Waals surface area contributed by atoms with Crippen molar-refractivity contribution < 1.29 is 4.79 Å². The molecule has 1 aliphatic carbocycles. The zero-order valence-electron chi connectivity index (χ0n) is 13.4. The van der Waals surface area contributed by atoms with Gasteiger partial charge in [-0.1, -0.05) is 6.07 Å². The highest BCUT2D eigenvalue weighted by Crippen LogP contribution is 2.40. The van der Waals surface area contributed by atoms with Crippen molar-refractivity contribution in [2.45, 2.75) is 25.8 Å². The fraction of sp³-hybridized carbons (Fsp3) is 0.278. The molecule has 2 amide bonds. The molecule has 0 aliphatic heterocycles. The molecule has 1 saturated carbocycles. The molecular formula is C18H19N5O. The van der Waals surface area contributed by atoms with Crippen molar-refractivity contribution in [2.75, 3.05) is 5.32 Å². The van der Waals surface area contributed by atoms with Gasteiger partial charge in [0, 0.05) is 24.8 Å². The lowest BCUT2D eigenvalue weighted by Gasteiger charge is -2.18. The molecule has 1 unspecified atom stereocenters. The fourth-order valence-electron chi connectivity index (χ4n) is 3.01. The molecule has 1 fully saturated rings. The molecule has 4 rings (SSSR count). The molecule has 0 bridgehead atoms. The van der Waals surface area contributed by atoms with E-state index in [1.807, 2.05) is 48.0 Å². The lowest BCUT2D eigenvalue weighted by Crippen LogP contribution is -2.34. The van der Waals surface area contributed by atoms with Crippen LogP contribution in [0.15, 0.2) is 49.1 Å². The van der Waals surface area contributed by atoms with Gasteiger partial charge in [-0.2, -0.15) is 0 Å². The second-order valence-corrected chi connectivity index (χ2v) is 6.24. The van der Waals surface area contributed by atoms with E-state index < -0.39 is 0 Å². The molecule has 0 spiro atoms. The Hall–Kier alpha value is -2.89. The molecule has 3 heterocycles. The van der Waals surface area contributed by atoms with Crippen LogP contribution in [-0.4, -0.2) is 20.4 Å². The van der Waals surface area contributed by atoms with E-state index in [0.29, 0.717) is 5.92 Å². The molecule has 1 aliphatic rings. The van der Waals surface area contributed by atoms with Gasteiger partial charge >= 0.3 is 6.03 Å². The summed E-state index contributed by atoms with van der Waals surface area (Å²) in [6.45, 7) is 1.98. The van der Waals surface area contributed by atoms with Crippen LogP contribution in [0.4, 0.5) is 10.5 Å². The van der Waals surface area contributed by atoms with Crippen molar-refractivity contribution in [3.63, 3.8) is 0 Å². The monoisotopic (exact) mass is 321 g/mol. The molecule has 122 valence electrons. The number of pyridine rings is 2. The minimum Gasteiger partial charge on any atom is -0.329 e. The van der Waals surface area contributed by atoms with Gasteiger partial charge in [-0.15, -0.1) is 0 Å². The van der Waals surface area contributed by atoms with Crippen molar-refractivity contribution >= 4 is 17.4 Å². The van der Waals surface area contributed by atoms with Crippen molar-refractivity contribution in [3.05, 3.63) is 60.3 Å². The molecular weight excluding hydrogens is 302 g/mol. The van der Waals surface area contributed by atoms with E-state index in [1.54, 1.807) is 12.4 Å². The van der Waals surface area contributed by atoms with Crippen LogP contribution in [0.25, 0.3) is 5.65 Å². The summed E-state index contributed by atoms with van der Waals surface area (Å²) in [5, 5.41) is 5.99. The summed E-state index contributed by atoms with van der Waals surface area (Å²) in [5.41, 5.74) is 3.56. The number of nitrogens with one attached hydrogen (secondary N) is 2. The zero-order chi connectivity index (χ0) is 16.5. The Balaban J connectivity index is 1.50. The third-order valence-corrected chi connectivity index (χ3v) is 4.32. The van der Waals surface area contributed by atoms with E-state index in [0.717, 1.165) is 35.4 Å². The fourth-order valence-corrected chi connectivity index (χ4v) is 3.01. The molecule has 6 heteroatoms. The number of urea groups is 1. The summed E-state index contributed by atoms with van der Waals surface area (Å²) in [6.07, 6.45) is 9.49. The maximum absolute atomic E-state index is 12.4. The molecule has 0 aromatic carbocycles. The van der Waals surface area contributed by atoms with E-state index >= 15 is 0 Å². The first-order valence-corrected chi connectivity index (χ1v) is 8.12. The van der Waals surface area contributed by atoms with Gasteiger partial charge in [0.25, 0.3) is 0 Å². The van der Waals surface area contributed by atoms with Gasteiger partial charge in [0.15, 0.2) is 0 Å². The second-order valence-electron chi connectivity index (χ2n) is 6.24. The Kier molecular flexibility index (Phi) is 3.65. The van der Waals surface area contributed by atoms with Gasteiger partial charge < -0.3 is 15.0 Å². The number of amides is 2. The second kappa shape index (κ2) is 5.96. The van der Waals surface area contributed by atoms with E-state index in [-0.39, 0.29) is 12.1 Å². The van der Waals surface area contributed by atoms with Crippen LogP contribution in [0.1, 0.15) is 30.1 Å². The Bertz CT molecular complexity index is 870. The first-order chi connectivity index (χ1) is 11.7. The smallest absolute Gasteiger partial charge is 0.319 e. The number of rotatable bonds is 4. The quantitative estimate of drug-likeness (QED) is 0.774. The molecule has 0 radical (unpaired) electrons. The Labute approximate surface area is 139 Å². The lowest BCUT2D eigenvalue weighted by atomic mass is 10.1. The number of hydrogen-bond acceptors (Lipinski definition) is 3. The van der Waals surface area contributed by atoms with E-state index in [4.69, 9.17) is 0 Å². The van der Waals surface area contributed by atoms with Crippen molar-refractivity contribution in [1.82, 2.24) is 19.7 Å². The zero-order valence-corrected chi connectivity index (χ0v) is 13.4. The molecule has 3 aromatic rings. The van der Waals surface area contributed by atoms with Crippen LogP contribution < -0.4 is 10.6 Å². The highest BCUT2D eigenvalue weighted by molar-refractivity contribution is 5.89. The SMILES string of the molecule is Cc1cc(NC(=O)NC(c2ccccn2)C2CC2)cn2ccnc12. The van der Waals surface area contributed by atoms with Gasteiger partial charge in [0.05, 0.1) is 17.4 Å². The minimum absolute atomic E-state index is 0.0377. The van der Waals surface area contributed by atoms with Gasteiger partial charge in [0.1, 0.15) is 5.65 Å². The van der Waals surface area contributed by atoms with E-state index in [1.165, 1.54) is 0 Å². The molecule has 0 saturated heterocycles. The van der Waals surface area contributed by atoms with Crippen molar-refractivity contribution in [2.24, 2.45) is 5.92 Å². The normalized spacial score (nSPS) is 15.2. The number of fused-ring (bicyclic) bond motifs is 1. The Morgan fingerprint density at radius 3 is 2.92 bits per heavy atom. The summed E-state index contributed by atoms with van der Waals surface area (Å²) < 4.78 is 1.90. The third-order valence-electron chi connectivity index (χ3n) is 4.32. The predicted octanol–water partition coefficient (Wildman–Crippen LogP) is 3.31. The van der Waals surface area contributed by atoms with Gasteiger partial charge in [-0.05, 0) is 49.4 Å². The number of aryl methyl sites for hydroxylation is 1. The van der Waals surface area contributed by atoms with Crippen LogP contribution in [0.2, 0.25) is 0 Å². The maximum atomic E-state index is 12.4. The molecule has 24 heavy (non-hydrogen) atoms. The number of anilines is 1. The summed E-state index contributed by atoms with van der Waals surface area (Å²) in [4.78, 5) is 21.1. The standard InChI is InChI=1S/C18H19N5O/c1-12-10-14(11-23-9-8-20-17(12)23)21-18(24)22-16(13-5-6-13)15-4-2-3-7-19-15/h2-4,7-11,13,16H,5-6H2,1H3,(H2,21,22,24). The van der Waals surface area contributed by atoms with Crippen molar-refractivity contribution in [1.29, 1.82) is 0 Å². The molecule has 1 atom stereocenters. The van der Waals surface area contributed by atoms with E-state index in [2.05, 4.69) is 20.6 Å². The topological polar surface area (TPSA) is 71.3 Å². The predicted molar refractivity (Wildman–Crippen MR) is 91.8 cm³/mol. The van der Waals surface area contributed by atoms with Crippen LogP contribution in [0.5, 0.6) is 0 Å². The van der Waals surface area contributed by atoms with Crippen LogP contribution in [0, 0.1) is 12.8 Å². The summed E-state index contributed by atoms with van der Waals surface area (Å²) in [7, 11) is 0. The first kappa shape index (κ1) is 14.7. The first-order valence-electron chi connectivity index (χ1n) is 8.12. The van der Waals surface area contributed by atoms with Crippen LogP contribution >= 0.6 is 0 Å². The third kappa shape index (κ3) is 2.95. The van der Waals surface area contributed by atoms with Crippen LogP contribution in [-0.2, 0) is 0 Å². The van der Waals surface area contributed by atoms with Crippen molar-refractivity contribution in [3.8, 4) is 0 Å². The molecule has 2 N–H and O–H groups in total. The number of carbonyl (C=O) groups excluding carboxylic acids is 1. The Morgan fingerprint density at radius 2 is 2.17 bits per heavy atom. The molecule has 6 nitrogen and oxygen atoms in total. The van der Waals surface area contributed by atoms with Gasteiger partial charge in [0.2, 0.25) is 0 Å². The number of carbonyl (C=O) groups is 1. The summed E-state index contributed by atoms with van der Waals surface area (Å²) in [5.74, 6) is 0.475. The van der Waals surface area contributed by atoms with Gasteiger partial charge in [-0.25, -0.2) is 9.78 Å². The average Bonchev–Trinajstić information content (AvgIpc) is 3.31.